The number of esters is 1. The molecule has 0 radical (unpaired) electrons. The van der Waals surface area contributed by atoms with E-state index in [0.717, 1.165) is 5.69 Å². The zero-order chi connectivity index (χ0) is 12.4. The van der Waals surface area contributed by atoms with Crippen LogP contribution in [0.1, 0.15) is 16.3 Å². The van der Waals surface area contributed by atoms with Gasteiger partial charge in [0.05, 0.1) is 7.11 Å². The molecule has 0 spiro atoms. The Morgan fingerprint density at radius 1 is 1.35 bits per heavy atom. The highest BCUT2D eigenvalue weighted by Crippen LogP contribution is 2.14. The highest BCUT2D eigenvalue weighted by atomic mass is 16.5. The van der Waals surface area contributed by atoms with Gasteiger partial charge < -0.3 is 4.74 Å². The number of carbonyl (C=O) groups excluding carboxylic acids is 1. The van der Waals surface area contributed by atoms with E-state index in [1.54, 1.807) is 7.05 Å². The standard InChI is InChI=1S/C11H12N4O2/c1-7-5-4-6-8(12-7)10-13-9(11(16)17-3)14-15(10)2/h4-6H,1-3H3. The van der Waals surface area contributed by atoms with Crippen molar-refractivity contribution in [2.24, 2.45) is 7.05 Å². The third-order valence-electron chi connectivity index (χ3n) is 2.25. The Kier molecular flexibility index (Phi) is 2.86. The molecule has 2 aromatic rings. The maximum absolute atomic E-state index is 11.3. The molecule has 0 unspecified atom stereocenters. The van der Waals surface area contributed by atoms with Crippen LogP contribution in [0.5, 0.6) is 0 Å². The first kappa shape index (κ1) is 11.3. The highest BCUT2D eigenvalue weighted by molar-refractivity contribution is 5.85. The summed E-state index contributed by atoms with van der Waals surface area (Å²) in [4.78, 5) is 19.7. The molecule has 0 atom stereocenters. The van der Waals surface area contributed by atoms with Crippen LogP contribution in [0.3, 0.4) is 0 Å². The minimum atomic E-state index is -0.556. The van der Waals surface area contributed by atoms with Gasteiger partial charge in [0, 0.05) is 12.7 Å². The SMILES string of the molecule is COC(=O)c1nc(-c2cccc(C)n2)n(C)n1. The summed E-state index contributed by atoms with van der Waals surface area (Å²) in [5, 5.41) is 3.98. The molecule has 2 rings (SSSR count). The quantitative estimate of drug-likeness (QED) is 0.721. The predicted octanol–water partition coefficient (Wildman–Crippen LogP) is 0.972. The summed E-state index contributed by atoms with van der Waals surface area (Å²) in [5.74, 6) is 0.0157. The van der Waals surface area contributed by atoms with E-state index in [4.69, 9.17) is 0 Å². The fraction of sp³-hybridized carbons (Fsp3) is 0.273. The lowest BCUT2D eigenvalue weighted by Gasteiger charge is -1.99. The van der Waals surface area contributed by atoms with Gasteiger partial charge in [-0.3, -0.25) is 0 Å². The van der Waals surface area contributed by atoms with Crippen molar-refractivity contribution in [3.05, 3.63) is 29.7 Å². The average molecular weight is 232 g/mol. The number of hydrogen-bond acceptors (Lipinski definition) is 5. The zero-order valence-corrected chi connectivity index (χ0v) is 9.84. The molecule has 6 heteroatoms. The summed E-state index contributed by atoms with van der Waals surface area (Å²) in [6.45, 7) is 1.89. The van der Waals surface area contributed by atoms with Crippen LogP contribution >= 0.6 is 0 Å². The molecule has 17 heavy (non-hydrogen) atoms. The Bertz CT molecular complexity index is 562. The second-order valence-corrected chi connectivity index (χ2v) is 3.54. The summed E-state index contributed by atoms with van der Waals surface area (Å²) >= 11 is 0. The van der Waals surface area contributed by atoms with Gasteiger partial charge in [-0.1, -0.05) is 6.07 Å². The molecule has 0 aliphatic rings. The van der Waals surface area contributed by atoms with Crippen molar-refractivity contribution in [3.8, 4) is 11.5 Å². The first-order valence-electron chi connectivity index (χ1n) is 5.05. The minimum Gasteiger partial charge on any atom is -0.463 e. The Morgan fingerprint density at radius 3 is 2.76 bits per heavy atom. The average Bonchev–Trinajstić information content (AvgIpc) is 2.70. The van der Waals surface area contributed by atoms with Crippen LogP contribution in [0.4, 0.5) is 0 Å². The molecule has 0 fully saturated rings. The second kappa shape index (κ2) is 4.32. The molecular formula is C11H12N4O2. The van der Waals surface area contributed by atoms with Gasteiger partial charge in [0.15, 0.2) is 5.82 Å². The van der Waals surface area contributed by atoms with E-state index < -0.39 is 5.97 Å². The fourth-order valence-corrected chi connectivity index (χ4v) is 1.45. The van der Waals surface area contributed by atoms with Crippen LogP contribution in [-0.2, 0) is 11.8 Å². The van der Waals surface area contributed by atoms with E-state index in [0.29, 0.717) is 11.5 Å². The summed E-state index contributed by atoms with van der Waals surface area (Å²) in [7, 11) is 3.00. The molecule has 2 heterocycles. The normalized spacial score (nSPS) is 10.3. The largest absolute Gasteiger partial charge is 0.463 e. The van der Waals surface area contributed by atoms with Gasteiger partial charge in [0.2, 0.25) is 0 Å². The lowest BCUT2D eigenvalue weighted by Crippen LogP contribution is -2.04. The number of ether oxygens (including phenoxy) is 1. The van der Waals surface area contributed by atoms with E-state index in [1.807, 2.05) is 25.1 Å². The van der Waals surface area contributed by atoms with Gasteiger partial charge >= 0.3 is 5.97 Å². The van der Waals surface area contributed by atoms with Crippen molar-refractivity contribution in [3.63, 3.8) is 0 Å². The molecular weight excluding hydrogens is 220 g/mol. The summed E-state index contributed by atoms with van der Waals surface area (Å²) in [5.41, 5.74) is 1.56. The molecule has 0 N–H and O–H groups in total. The van der Waals surface area contributed by atoms with Gasteiger partial charge in [-0.2, -0.15) is 4.98 Å². The number of carbonyl (C=O) groups is 1. The molecule has 0 amide bonds. The number of methoxy groups -OCH3 is 1. The third-order valence-corrected chi connectivity index (χ3v) is 2.25. The van der Waals surface area contributed by atoms with Crippen LogP contribution in [0, 0.1) is 6.92 Å². The van der Waals surface area contributed by atoms with Crippen molar-refractivity contribution in [2.75, 3.05) is 7.11 Å². The van der Waals surface area contributed by atoms with Gasteiger partial charge in [-0.25, -0.2) is 14.5 Å². The molecule has 88 valence electrons. The van der Waals surface area contributed by atoms with Crippen LogP contribution in [-0.4, -0.2) is 32.8 Å². The van der Waals surface area contributed by atoms with E-state index in [9.17, 15) is 4.79 Å². The first-order valence-corrected chi connectivity index (χ1v) is 5.05. The molecule has 0 saturated carbocycles. The zero-order valence-electron chi connectivity index (χ0n) is 9.84. The topological polar surface area (TPSA) is 69.9 Å². The molecule has 0 bridgehead atoms. The van der Waals surface area contributed by atoms with Crippen molar-refractivity contribution >= 4 is 5.97 Å². The lowest BCUT2D eigenvalue weighted by molar-refractivity contribution is 0.0586. The second-order valence-electron chi connectivity index (χ2n) is 3.54. The van der Waals surface area contributed by atoms with Crippen LogP contribution < -0.4 is 0 Å². The van der Waals surface area contributed by atoms with Crippen LogP contribution in [0.15, 0.2) is 18.2 Å². The summed E-state index contributed by atoms with van der Waals surface area (Å²) < 4.78 is 6.07. The monoisotopic (exact) mass is 232 g/mol. The maximum atomic E-state index is 11.3. The highest BCUT2D eigenvalue weighted by Gasteiger charge is 2.16. The van der Waals surface area contributed by atoms with Crippen molar-refractivity contribution < 1.29 is 9.53 Å². The number of hydrogen-bond donors (Lipinski definition) is 0. The molecule has 0 aliphatic carbocycles. The number of aromatic nitrogens is 4. The molecule has 2 aromatic heterocycles. The molecule has 0 aromatic carbocycles. The summed E-state index contributed by atoms with van der Waals surface area (Å²) in [6, 6.07) is 5.59. The van der Waals surface area contributed by atoms with Gasteiger partial charge in [0.1, 0.15) is 5.69 Å². The lowest BCUT2D eigenvalue weighted by atomic mass is 10.3. The maximum Gasteiger partial charge on any atom is 0.377 e. The van der Waals surface area contributed by atoms with Gasteiger partial charge in [-0.15, -0.1) is 5.10 Å². The van der Waals surface area contributed by atoms with E-state index in [1.165, 1.54) is 11.8 Å². The fourth-order valence-electron chi connectivity index (χ4n) is 1.45. The Balaban J connectivity index is 2.46. The van der Waals surface area contributed by atoms with Crippen molar-refractivity contribution in [1.29, 1.82) is 0 Å². The van der Waals surface area contributed by atoms with Crippen molar-refractivity contribution in [2.45, 2.75) is 6.92 Å². The van der Waals surface area contributed by atoms with E-state index in [-0.39, 0.29) is 5.82 Å². The smallest absolute Gasteiger partial charge is 0.377 e. The van der Waals surface area contributed by atoms with Gasteiger partial charge in [0.25, 0.3) is 5.82 Å². The van der Waals surface area contributed by atoms with E-state index in [2.05, 4.69) is 19.8 Å². The number of rotatable bonds is 2. The molecule has 0 aliphatic heterocycles. The van der Waals surface area contributed by atoms with Crippen LogP contribution in [0.2, 0.25) is 0 Å². The number of aryl methyl sites for hydroxylation is 2. The van der Waals surface area contributed by atoms with Gasteiger partial charge in [-0.05, 0) is 19.1 Å². The minimum absolute atomic E-state index is 0.0355. The third kappa shape index (κ3) is 2.15. The van der Waals surface area contributed by atoms with Crippen molar-refractivity contribution in [1.82, 2.24) is 19.7 Å². The first-order chi connectivity index (χ1) is 8.11. The predicted molar refractivity (Wildman–Crippen MR) is 60.3 cm³/mol. The Morgan fingerprint density at radius 2 is 2.12 bits per heavy atom. The van der Waals surface area contributed by atoms with E-state index >= 15 is 0 Å². The summed E-state index contributed by atoms with van der Waals surface area (Å²) in [6.07, 6.45) is 0. The number of pyridine rings is 1. The Hall–Kier alpha value is -2.24. The molecule has 0 saturated heterocycles. The van der Waals surface area contributed by atoms with Crippen LogP contribution in [0.25, 0.3) is 11.5 Å². The Labute approximate surface area is 98.3 Å². The molecule has 6 nitrogen and oxygen atoms in total. The number of nitrogens with zero attached hydrogens (tertiary/aromatic N) is 4.